The summed E-state index contributed by atoms with van der Waals surface area (Å²) in [6, 6.07) is 6.24. The van der Waals surface area contributed by atoms with Crippen LogP contribution in [0.5, 0.6) is 5.75 Å². The van der Waals surface area contributed by atoms with Crippen LogP contribution in [0.3, 0.4) is 0 Å². The van der Waals surface area contributed by atoms with E-state index in [1.807, 2.05) is 0 Å². The van der Waals surface area contributed by atoms with Gasteiger partial charge in [0.05, 0.1) is 12.5 Å². The number of alkyl halides is 2. The van der Waals surface area contributed by atoms with Crippen LogP contribution in [-0.2, 0) is 11.2 Å². The van der Waals surface area contributed by atoms with Gasteiger partial charge in [-0.15, -0.1) is 0 Å². The van der Waals surface area contributed by atoms with Gasteiger partial charge in [0.2, 0.25) is 5.91 Å². The molecule has 116 valence electrons. The number of benzene rings is 1. The molecule has 1 amide bonds. The predicted octanol–water partition coefficient (Wildman–Crippen LogP) is 2.06. The van der Waals surface area contributed by atoms with Crippen molar-refractivity contribution in [1.82, 2.24) is 4.90 Å². The van der Waals surface area contributed by atoms with Crippen LogP contribution in [0.4, 0.5) is 8.78 Å². The summed E-state index contributed by atoms with van der Waals surface area (Å²) in [5.41, 5.74) is 0.413. The molecule has 1 atom stereocenters. The number of para-hydroxylation sites is 1. The highest BCUT2D eigenvalue weighted by atomic mass is 19.3. The predicted molar refractivity (Wildman–Crippen MR) is 73.1 cm³/mol. The molecule has 0 radical (unpaired) electrons. The zero-order chi connectivity index (χ0) is 15.4. The SMILES string of the molecule is CN(CC(O)C1CC1)C(=O)Cc1ccccc1OC(F)F. The smallest absolute Gasteiger partial charge is 0.387 e. The minimum Gasteiger partial charge on any atom is -0.435 e. The Morgan fingerprint density at radius 2 is 2.10 bits per heavy atom. The first-order valence-corrected chi connectivity index (χ1v) is 6.92. The second kappa shape index (κ2) is 6.85. The Labute approximate surface area is 122 Å². The maximum absolute atomic E-state index is 12.3. The van der Waals surface area contributed by atoms with E-state index in [1.54, 1.807) is 25.2 Å². The number of carbonyl (C=O) groups is 1. The second-order valence-electron chi connectivity index (χ2n) is 5.34. The van der Waals surface area contributed by atoms with Crippen LogP contribution in [0.15, 0.2) is 24.3 Å². The maximum atomic E-state index is 12.3. The summed E-state index contributed by atoms with van der Waals surface area (Å²) in [5, 5.41) is 9.83. The molecule has 0 saturated heterocycles. The number of rotatable bonds is 7. The fraction of sp³-hybridized carbons (Fsp3) is 0.533. The van der Waals surface area contributed by atoms with Gasteiger partial charge in [-0.05, 0) is 24.8 Å². The van der Waals surface area contributed by atoms with Gasteiger partial charge in [-0.2, -0.15) is 8.78 Å². The molecule has 21 heavy (non-hydrogen) atoms. The number of carbonyl (C=O) groups excluding carboxylic acids is 1. The van der Waals surface area contributed by atoms with Gasteiger partial charge in [0, 0.05) is 19.2 Å². The molecular weight excluding hydrogens is 280 g/mol. The number of nitrogens with zero attached hydrogens (tertiary/aromatic N) is 1. The first-order valence-electron chi connectivity index (χ1n) is 6.92. The summed E-state index contributed by atoms with van der Waals surface area (Å²) in [7, 11) is 1.60. The Kier molecular flexibility index (Phi) is 5.12. The number of aliphatic hydroxyl groups is 1. The summed E-state index contributed by atoms with van der Waals surface area (Å²) >= 11 is 0. The third-order valence-corrected chi connectivity index (χ3v) is 3.58. The van der Waals surface area contributed by atoms with Gasteiger partial charge in [0.25, 0.3) is 0 Å². The summed E-state index contributed by atoms with van der Waals surface area (Å²) < 4.78 is 29.0. The van der Waals surface area contributed by atoms with E-state index in [1.165, 1.54) is 11.0 Å². The normalized spacial score (nSPS) is 15.9. The molecule has 1 aromatic carbocycles. The third kappa shape index (κ3) is 4.67. The van der Waals surface area contributed by atoms with E-state index < -0.39 is 12.7 Å². The van der Waals surface area contributed by atoms with Crippen molar-refractivity contribution >= 4 is 5.91 Å². The van der Waals surface area contributed by atoms with Gasteiger partial charge < -0.3 is 14.7 Å². The Balaban J connectivity index is 1.94. The average molecular weight is 299 g/mol. The van der Waals surface area contributed by atoms with Gasteiger partial charge in [0.15, 0.2) is 0 Å². The van der Waals surface area contributed by atoms with Crippen LogP contribution in [0.25, 0.3) is 0 Å². The van der Waals surface area contributed by atoms with Crippen LogP contribution in [0.2, 0.25) is 0 Å². The maximum Gasteiger partial charge on any atom is 0.387 e. The number of amides is 1. The molecule has 1 N–H and O–H groups in total. The second-order valence-corrected chi connectivity index (χ2v) is 5.34. The van der Waals surface area contributed by atoms with E-state index in [0.717, 1.165) is 12.8 Å². The number of hydrogen-bond donors (Lipinski definition) is 1. The molecule has 1 fully saturated rings. The lowest BCUT2D eigenvalue weighted by atomic mass is 10.1. The minimum absolute atomic E-state index is 0.0111. The monoisotopic (exact) mass is 299 g/mol. The lowest BCUT2D eigenvalue weighted by molar-refractivity contribution is -0.130. The largest absolute Gasteiger partial charge is 0.435 e. The third-order valence-electron chi connectivity index (χ3n) is 3.58. The number of halogens is 2. The van der Waals surface area contributed by atoms with Crippen LogP contribution in [0.1, 0.15) is 18.4 Å². The summed E-state index contributed by atoms with van der Waals surface area (Å²) in [6.07, 6.45) is 1.45. The highest BCUT2D eigenvalue weighted by molar-refractivity contribution is 5.79. The number of ether oxygens (including phenoxy) is 1. The molecule has 1 aliphatic carbocycles. The van der Waals surface area contributed by atoms with Crippen molar-refractivity contribution in [2.24, 2.45) is 5.92 Å². The number of hydrogen-bond acceptors (Lipinski definition) is 3. The number of likely N-dealkylation sites (N-methyl/N-ethyl adjacent to an activating group) is 1. The van der Waals surface area contributed by atoms with Crippen molar-refractivity contribution in [3.63, 3.8) is 0 Å². The Hall–Kier alpha value is -1.69. The molecule has 1 saturated carbocycles. The summed E-state index contributed by atoms with van der Waals surface area (Å²) in [6.45, 7) is -2.66. The summed E-state index contributed by atoms with van der Waals surface area (Å²) in [5.74, 6) is 0.0618. The standard InChI is InChI=1S/C15H19F2NO3/c1-18(9-12(19)10-6-7-10)14(20)8-11-4-2-3-5-13(11)21-15(16)17/h2-5,10,12,15,19H,6-9H2,1H3. The van der Waals surface area contributed by atoms with E-state index in [9.17, 15) is 18.7 Å². The Bertz CT molecular complexity index is 492. The molecular formula is C15H19F2NO3. The van der Waals surface area contributed by atoms with Crippen LogP contribution >= 0.6 is 0 Å². The molecule has 2 rings (SSSR count). The van der Waals surface area contributed by atoms with Crippen molar-refractivity contribution in [2.75, 3.05) is 13.6 Å². The van der Waals surface area contributed by atoms with Gasteiger partial charge in [-0.25, -0.2) is 0 Å². The van der Waals surface area contributed by atoms with Gasteiger partial charge in [-0.1, -0.05) is 18.2 Å². The van der Waals surface area contributed by atoms with Crippen molar-refractivity contribution in [3.05, 3.63) is 29.8 Å². The average Bonchev–Trinajstić information content (AvgIpc) is 3.24. The van der Waals surface area contributed by atoms with Crippen molar-refractivity contribution in [2.45, 2.75) is 32.0 Å². The molecule has 0 aromatic heterocycles. The van der Waals surface area contributed by atoms with Gasteiger partial charge >= 0.3 is 6.61 Å². The number of aliphatic hydroxyl groups excluding tert-OH is 1. The molecule has 0 bridgehead atoms. The molecule has 4 nitrogen and oxygen atoms in total. The fourth-order valence-corrected chi connectivity index (χ4v) is 2.17. The minimum atomic E-state index is -2.92. The van der Waals surface area contributed by atoms with Crippen molar-refractivity contribution < 1.29 is 23.4 Å². The van der Waals surface area contributed by atoms with Gasteiger partial charge in [0.1, 0.15) is 5.75 Å². The molecule has 1 aromatic rings. The van der Waals surface area contributed by atoms with E-state index in [0.29, 0.717) is 5.56 Å². The van der Waals surface area contributed by atoms with Crippen molar-refractivity contribution in [1.29, 1.82) is 0 Å². The fourth-order valence-electron chi connectivity index (χ4n) is 2.17. The molecule has 6 heteroatoms. The Morgan fingerprint density at radius 3 is 2.71 bits per heavy atom. The quantitative estimate of drug-likeness (QED) is 0.838. The lowest BCUT2D eigenvalue weighted by Crippen LogP contribution is -2.36. The van der Waals surface area contributed by atoms with E-state index in [2.05, 4.69) is 4.74 Å². The van der Waals surface area contributed by atoms with Gasteiger partial charge in [-0.3, -0.25) is 4.79 Å². The van der Waals surface area contributed by atoms with E-state index >= 15 is 0 Å². The zero-order valence-electron chi connectivity index (χ0n) is 11.8. The van der Waals surface area contributed by atoms with Crippen LogP contribution in [-0.4, -0.2) is 42.2 Å². The zero-order valence-corrected chi connectivity index (χ0v) is 11.8. The highest BCUT2D eigenvalue weighted by Gasteiger charge is 2.31. The topological polar surface area (TPSA) is 49.8 Å². The van der Waals surface area contributed by atoms with E-state index in [4.69, 9.17) is 0 Å². The van der Waals surface area contributed by atoms with Crippen molar-refractivity contribution in [3.8, 4) is 5.75 Å². The van der Waals surface area contributed by atoms with Crippen LogP contribution < -0.4 is 4.74 Å². The van der Waals surface area contributed by atoms with Crippen LogP contribution in [0, 0.1) is 5.92 Å². The Morgan fingerprint density at radius 1 is 1.43 bits per heavy atom. The highest BCUT2D eigenvalue weighted by Crippen LogP contribution is 2.32. The molecule has 0 heterocycles. The molecule has 0 spiro atoms. The summed E-state index contributed by atoms with van der Waals surface area (Å²) in [4.78, 5) is 13.5. The first-order chi connectivity index (χ1) is 9.97. The molecule has 1 unspecified atom stereocenters. The molecule has 0 aliphatic heterocycles. The van der Waals surface area contributed by atoms with E-state index in [-0.39, 0.29) is 30.5 Å². The lowest BCUT2D eigenvalue weighted by Gasteiger charge is -2.21. The first kappa shape index (κ1) is 15.7. The molecule has 1 aliphatic rings.